The lowest BCUT2D eigenvalue weighted by Crippen LogP contribution is -2.33. The van der Waals surface area contributed by atoms with E-state index in [1.807, 2.05) is 32.0 Å². The predicted octanol–water partition coefficient (Wildman–Crippen LogP) is 4.60. The van der Waals surface area contributed by atoms with E-state index >= 15 is 0 Å². The van der Waals surface area contributed by atoms with Gasteiger partial charge in [0, 0.05) is 31.6 Å². The van der Waals surface area contributed by atoms with Crippen LogP contribution in [0.15, 0.2) is 36.4 Å². The first-order valence-electron chi connectivity index (χ1n) is 10.2. The molecular formula is C23H26ClFN2O3. The van der Waals surface area contributed by atoms with Gasteiger partial charge in [-0.05, 0) is 48.7 Å². The predicted molar refractivity (Wildman–Crippen MR) is 115 cm³/mol. The molecule has 1 fully saturated rings. The van der Waals surface area contributed by atoms with Crippen LogP contribution in [-0.4, -0.2) is 36.4 Å². The van der Waals surface area contributed by atoms with Crippen LogP contribution in [0.5, 0.6) is 5.75 Å². The van der Waals surface area contributed by atoms with E-state index in [0.29, 0.717) is 19.4 Å². The van der Waals surface area contributed by atoms with Crippen LogP contribution >= 0.6 is 11.6 Å². The molecule has 0 unspecified atom stereocenters. The van der Waals surface area contributed by atoms with Crippen molar-refractivity contribution in [3.8, 4) is 5.75 Å². The van der Waals surface area contributed by atoms with Gasteiger partial charge in [0.15, 0.2) is 0 Å². The summed E-state index contributed by atoms with van der Waals surface area (Å²) in [6.07, 6.45) is 1.37. The maximum absolute atomic E-state index is 13.8. The highest BCUT2D eigenvalue weighted by molar-refractivity contribution is 6.30. The van der Waals surface area contributed by atoms with Crippen LogP contribution < -0.4 is 9.64 Å². The molecule has 2 amide bonds. The Balaban J connectivity index is 1.66. The summed E-state index contributed by atoms with van der Waals surface area (Å²) in [5.41, 5.74) is 2.91. The Bertz CT molecular complexity index is 919. The molecule has 0 N–H and O–H groups in total. The quantitative estimate of drug-likeness (QED) is 0.543. The van der Waals surface area contributed by atoms with Gasteiger partial charge in [0.05, 0.1) is 11.6 Å². The highest BCUT2D eigenvalue weighted by atomic mass is 35.5. The summed E-state index contributed by atoms with van der Waals surface area (Å²) >= 11 is 5.80. The number of halogens is 2. The fraction of sp³-hybridized carbons (Fsp3) is 0.391. The fourth-order valence-electron chi connectivity index (χ4n) is 3.56. The van der Waals surface area contributed by atoms with Crippen molar-refractivity contribution in [1.82, 2.24) is 4.90 Å². The summed E-state index contributed by atoms with van der Waals surface area (Å²) in [7, 11) is 0. The Kier molecular flexibility index (Phi) is 7.32. The van der Waals surface area contributed by atoms with E-state index in [4.69, 9.17) is 16.3 Å². The Labute approximate surface area is 181 Å². The molecule has 30 heavy (non-hydrogen) atoms. The van der Waals surface area contributed by atoms with Gasteiger partial charge in [0.1, 0.15) is 18.2 Å². The minimum Gasteiger partial charge on any atom is -0.491 e. The number of rotatable bonds is 9. The summed E-state index contributed by atoms with van der Waals surface area (Å²) in [4.78, 5) is 26.7. The molecule has 1 aliphatic rings. The largest absolute Gasteiger partial charge is 0.491 e. The first-order chi connectivity index (χ1) is 14.4. The third-order valence-electron chi connectivity index (χ3n) is 5.26. The van der Waals surface area contributed by atoms with Crippen molar-refractivity contribution in [1.29, 1.82) is 0 Å². The first kappa shape index (κ1) is 22.1. The Morgan fingerprint density at radius 2 is 1.83 bits per heavy atom. The van der Waals surface area contributed by atoms with Crippen LogP contribution in [0, 0.1) is 5.82 Å². The van der Waals surface area contributed by atoms with E-state index in [2.05, 4.69) is 11.0 Å². The van der Waals surface area contributed by atoms with Crippen LogP contribution in [0.4, 0.5) is 10.1 Å². The molecule has 160 valence electrons. The van der Waals surface area contributed by atoms with Crippen LogP contribution in [0.1, 0.15) is 37.8 Å². The fourth-order valence-corrected chi connectivity index (χ4v) is 3.67. The number of hydrogen-bond donors (Lipinski definition) is 0. The zero-order valence-electron chi connectivity index (χ0n) is 17.3. The Morgan fingerprint density at radius 1 is 1.10 bits per heavy atom. The van der Waals surface area contributed by atoms with Crippen molar-refractivity contribution < 1.29 is 18.7 Å². The van der Waals surface area contributed by atoms with Crippen LogP contribution in [-0.2, 0) is 22.6 Å². The molecule has 7 heteroatoms. The second-order valence-corrected chi connectivity index (χ2v) is 7.60. The van der Waals surface area contributed by atoms with E-state index in [-0.39, 0.29) is 30.0 Å². The lowest BCUT2D eigenvalue weighted by atomic mass is 10.1. The number of aryl methyl sites for hydroxylation is 1. The maximum Gasteiger partial charge on any atom is 0.229 e. The molecule has 0 aromatic heterocycles. The number of hydrogen-bond acceptors (Lipinski definition) is 4. The number of ether oxygens (including phenoxy) is 1. The normalized spacial score (nSPS) is 13.8. The monoisotopic (exact) mass is 432 g/mol. The molecule has 3 rings (SSSR count). The number of amides is 2. The summed E-state index contributed by atoms with van der Waals surface area (Å²) in [5, 5.41) is 0.113. The number of nitrogens with zero attached hydrogens (tertiary/aromatic N) is 2. The third kappa shape index (κ3) is 5.11. The molecule has 0 atom stereocenters. The minimum absolute atomic E-state index is 0.113. The van der Waals surface area contributed by atoms with Crippen molar-refractivity contribution in [2.45, 2.75) is 39.7 Å². The average molecular weight is 433 g/mol. The molecule has 0 spiro atoms. The molecule has 5 nitrogen and oxygen atoms in total. The van der Waals surface area contributed by atoms with Crippen LogP contribution in [0.2, 0.25) is 5.02 Å². The average Bonchev–Trinajstić information content (AvgIpc) is 3.06. The van der Waals surface area contributed by atoms with Gasteiger partial charge in [0.2, 0.25) is 11.8 Å². The second-order valence-electron chi connectivity index (χ2n) is 7.20. The minimum atomic E-state index is -0.430. The Hall–Kier alpha value is -2.60. The highest BCUT2D eigenvalue weighted by Crippen LogP contribution is 2.26. The molecule has 2 aromatic rings. The summed E-state index contributed by atoms with van der Waals surface area (Å²) in [6.45, 7) is 5.96. The smallest absolute Gasteiger partial charge is 0.229 e. The van der Waals surface area contributed by atoms with Crippen molar-refractivity contribution in [3.05, 3.63) is 58.4 Å². The van der Waals surface area contributed by atoms with Gasteiger partial charge in [-0.15, -0.1) is 0 Å². The first-order valence-corrected chi connectivity index (χ1v) is 10.6. The lowest BCUT2D eigenvalue weighted by Gasteiger charge is -2.24. The Morgan fingerprint density at radius 3 is 2.47 bits per heavy atom. The molecule has 0 radical (unpaired) electrons. The van der Waals surface area contributed by atoms with Crippen LogP contribution in [0.25, 0.3) is 0 Å². The van der Waals surface area contributed by atoms with Gasteiger partial charge in [0.25, 0.3) is 0 Å². The topological polar surface area (TPSA) is 49.9 Å². The third-order valence-corrected chi connectivity index (χ3v) is 5.56. The zero-order chi connectivity index (χ0) is 21.7. The number of benzene rings is 2. The molecule has 1 saturated heterocycles. The second kappa shape index (κ2) is 9.94. The maximum atomic E-state index is 13.8. The van der Waals surface area contributed by atoms with Gasteiger partial charge in [-0.3, -0.25) is 14.5 Å². The van der Waals surface area contributed by atoms with Crippen molar-refractivity contribution in [2.24, 2.45) is 0 Å². The van der Waals surface area contributed by atoms with E-state index in [1.165, 1.54) is 11.0 Å². The summed E-state index contributed by atoms with van der Waals surface area (Å²) < 4.78 is 19.7. The van der Waals surface area contributed by atoms with Crippen LogP contribution in [0.3, 0.4) is 0 Å². The van der Waals surface area contributed by atoms with E-state index < -0.39 is 5.82 Å². The van der Waals surface area contributed by atoms with Gasteiger partial charge >= 0.3 is 0 Å². The van der Waals surface area contributed by atoms with Crippen molar-refractivity contribution in [3.63, 3.8) is 0 Å². The van der Waals surface area contributed by atoms with Gasteiger partial charge in [-0.1, -0.05) is 30.7 Å². The van der Waals surface area contributed by atoms with Gasteiger partial charge < -0.3 is 9.64 Å². The number of carbonyl (C=O) groups is 2. The molecule has 1 aliphatic heterocycles. The molecule has 0 saturated carbocycles. The van der Waals surface area contributed by atoms with E-state index in [1.54, 1.807) is 6.07 Å². The molecule has 1 heterocycles. The molecular weight excluding hydrogens is 407 g/mol. The number of imide groups is 1. The molecule has 2 aromatic carbocycles. The molecule has 0 bridgehead atoms. The molecule has 0 aliphatic carbocycles. The van der Waals surface area contributed by atoms with Crippen molar-refractivity contribution in [2.75, 3.05) is 24.6 Å². The van der Waals surface area contributed by atoms with Gasteiger partial charge in [-0.25, -0.2) is 4.39 Å². The van der Waals surface area contributed by atoms with E-state index in [9.17, 15) is 14.0 Å². The SMILES string of the molecule is CCc1cc(CN(CC)c2ccc(Cl)c(F)c2)ccc1OCCN1C(=O)CCC1=O. The standard InChI is InChI=1S/C23H26ClFN2O3/c1-3-17-13-16(15-26(4-2)18-6-7-19(24)20(25)14-18)5-8-21(17)30-12-11-27-22(28)9-10-23(27)29/h5-8,13-14H,3-4,9-12,15H2,1-2H3. The van der Waals surface area contributed by atoms with E-state index in [0.717, 1.165) is 35.5 Å². The number of carbonyl (C=O) groups excluding carboxylic acids is 2. The highest BCUT2D eigenvalue weighted by Gasteiger charge is 2.28. The lowest BCUT2D eigenvalue weighted by molar-refractivity contribution is -0.138. The number of likely N-dealkylation sites (tertiary alicyclic amines) is 1. The number of anilines is 1. The van der Waals surface area contributed by atoms with Gasteiger partial charge in [-0.2, -0.15) is 0 Å². The zero-order valence-corrected chi connectivity index (χ0v) is 18.0. The van der Waals surface area contributed by atoms with Crippen molar-refractivity contribution >= 4 is 29.1 Å². The summed E-state index contributed by atoms with van der Waals surface area (Å²) in [5.74, 6) is 0.0578. The summed E-state index contributed by atoms with van der Waals surface area (Å²) in [6, 6.07) is 10.8.